The molecule has 0 aliphatic carbocycles. The van der Waals surface area contributed by atoms with Crippen LogP contribution in [-0.2, 0) is 13.0 Å². The number of nitrogens with zero attached hydrogens (tertiary/aromatic N) is 2. The number of rotatable bonds is 2. The third kappa shape index (κ3) is 2.39. The van der Waals surface area contributed by atoms with Crippen LogP contribution in [0.5, 0.6) is 0 Å². The molecule has 1 unspecified atom stereocenters. The van der Waals surface area contributed by atoms with Crippen LogP contribution in [0.2, 0.25) is 0 Å². The summed E-state index contributed by atoms with van der Waals surface area (Å²) in [5, 5.41) is 10.6. The number of carbonyl (C=O) groups is 1. The number of hydrogen-bond donors (Lipinski definition) is 2. The monoisotopic (exact) mass is 262 g/mol. The third-order valence-electron chi connectivity index (χ3n) is 4.39. The maximum atomic E-state index is 12.6. The van der Waals surface area contributed by atoms with E-state index in [-0.39, 0.29) is 5.91 Å². The number of piperidine rings is 1. The summed E-state index contributed by atoms with van der Waals surface area (Å²) >= 11 is 0. The zero-order valence-corrected chi connectivity index (χ0v) is 11.5. The minimum atomic E-state index is 0.111. The standard InChI is InChI=1S/C14H22N4O/c1-2-10-4-3-7-18(9-10)14(19)13-11-8-15-6-5-12(11)16-17-13/h10,15H,2-9H2,1H3,(H,16,17). The minimum Gasteiger partial charge on any atom is -0.337 e. The Hall–Kier alpha value is -1.36. The van der Waals surface area contributed by atoms with Crippen molar-refractivity contribution >= 4 is 5.91 Å². The highest BCUT2D eigenvalue weighted by atomic mass is 16.2. The maximum absolute atomic E-state index is 12.6. The first-order chi connectivity index (χ1) is 9.29. The van der Waals surface area contributed by atoms with Gasteiger partial charge in [0, 0.05) is 43.9 Å². The molecule has 1 atom stereocenters. The lowest BCUT2D eigenvalue weighted by molar-refractivity contribution is 0.0664. The smallest absolute Gasteiger partial charge is 0.274 e. The van der Waals surface area contributed by atoms with Crippen LogP contribution in [0.15, 0.2) is 0 Å². The fourth-order valence-corrected chi connectivity index (χ4v) is 3.13. The molecule has 1 aromatic rings. The molecule has 2 N–H and O–H groups in total. The summed E-state index contributed by atoms with van der Waals surface area (Å²) in [6.07, 6.45) is 4.47. The molecule has 0 saturated carbocycles. The van der Waals surface area contributed by atoms with E-state index < -0.39 is 0 Å². The maximum Gasteiger partial charge on any atom is 0.274 e. The van der Waals surface area contributed by atoms with Gasteiger partial charge in [-0.05, 0) is 18.8 Å². The number of fused-ring (bicyclic) bond motifs is 1. The van der Waals surface area contributed by atoms with E-state index in [0.717, 1.165) is 56.7 Å². The van der Waals surface area contributed by atoms with Crippen molar-refractivity contribution in [2.75, 3.05) is 19.6 Å². The molecular formula is C14H22N4O. The number of carbonyl (C=O) groups excluding carboxylic acids is 1. The fourth-order valence-electron chi connectivity index (χ4n) is 3.13. The summed E-state index contributed by atoms with van der Waals surface area (Å²) in [6.45, 7) is 5.70. The van der Waals surface area contributed by atoms with Gasteiger partial charge in [-0.25, -0.2) is 0 Å². The molecule has 1 amide bonds. The van der Waals surface area contributed by atoms with E-state index in [1.165, 1.54) is 6.42 Å². The van der Waals surface area contributed by atoms with E-state index in [4.69, 9.17) is 0 Å². The molecule has 2 aliphatic heterocycles. The quantitative estimate of drug-likeness (QED) is 0.845. The van der Waals surface area contributed by atoms with Crippen LogP contribution in [0.3, 0.4) is 0 Å². The zero-order chi connectivity index (χ0) is 13.2. The topological polar surface area (TPSA) is 61.0 Å². The average Bonchev–Trinajstić information content (AvgIpc) is 2.90. The summed E-state index contributed by atoms with van der Waals surface area (Å²) < 4.78 is 0. The van der Waals surface area contributed by atoms with Crippen LogP contribution in [0, 0.1) is 5.92 Å². The second-order valence-electron chi connectivity index (χ2n) is 5.62. The van der Waals surface area contributed by atoms with E-state index in [1.54, 1.807) is 0 Å². The highest BCUT2D eigenvalue weighted by Gasteiger charge is 2.28. The van der Waals surface area contributed by atoms with Gasteiger partial charge in [-0.2, -0.15) is 5.10 Å². The predicted molar refractivity (Wildman–Crippen MR) is 72.9 cm³/mol. The van der Waals surface area contributed by atoms with Crippen LogP contribution < -0.4 is 5.32 Å². The fraction of sp³-hybridized carbons (Fsp3) is 0.714. The second-order valence-corrected chi connectivity index (χ2v) is 5.62. The summed E-state index contributed by atoms with van der Waals surface area (Å²) in [4.78, 5) is 14.6. The van der Waals surface area contributed by atoms with E-state index in [2.05, 4.69) is 22.4 Å². The first-order valence-corrected chi connectivity index (χ1v) is 7.35. The van der Waals surface area contributed by atoms with Crippen molar-refractivity contribution in [3.63, 3.8) is 0 Å². The second kappa shape index (κ2) is 5.33. The normalized spacial score (nSPS) is 23.2. The molecular weight excluding hydrogens is 240 g/mol. The lowest BCUT2D eigenvalue weighted by Crippen LogP contribution is -2.40. The zero-order valence-electron chi connectivity index (χ0n) is 11.5. The van der Waals surface area contributed by atoms with Crippen molar-refractivity contribution in [3.8, 4) is 0 Å². The Balaban J connectivity index is 1.78. The van der Waals surface area contributed by atoms with Gasteiger partial charge in [0.1, 0.15) is 0 Å². The van der Waals surface area contributed by atoms with E-state index in [9.17, 15) is 4.79 Å². The third-order valence-corrected chi connectivity index (χ3v) is 4.39. The molecule has 0 spiro atoms. The van der Waals surface area contributed by atoms with Crippen molar-refractivity contribution in [3.05, 3.63) is 17.0 Å². The Labute approximate surface area is 113 Å². The van der Waals surface area contributed by atoms with Gasteiger partial charge < -0.3 is 10.2 Å². The Morgan fingerprint density at radius 2 is 2.42 bits per heavy atom. The van der Waals surface area contributed by atoms with Crippen LogP contribution in [0.4, 0.5) is 0 Å². The molecule has 1 fully saturated rings. The van der Waals surface area contributed by atoms with Crippen LogP contribution in [0.25, 0.3) is 0 Å². The van der Waals surface area contributed by atoms with Crippen molar-refractivity contribution < 1.29 is 4.79 Å². The summed E-state index contributed by atoms with van der Waals surface area (Å²) in [5.74, 6) is 0.768. The van der Waals surface area contributed by atoms with Gasteiger partial charge in [-0.1, -0.05) is 13.3 Å². The summed E-state index contributed by atoms with van der Waals surface area (Å²) in [5.41, 5.74) is 2.85. The van der Waals surface area contributed by atoms with Crippen molar-refractivity contribution in [1.82, 2.24) is 20.4 Å². The van der Waals surface area contributed by atoms with Gasteiger partial charge >= 0.3 is 0 Å². The number of amides is 1. The molecule has 1 aromatic heterocycles. The van der Waals surface area contributed by atoms with Crippen LogP contribution in [-0.4, -0.2) is 40.6 Å². The van der Waals surface area contributed by atoms with Crippen molar-refractivity contribution in [1.29, 1.82) is 0 Å². The van der Waals surface area contributed by atoms with Crippen molar-refractivity contribution in [2.24, 2.45) is 5.92 Å². The average molecular weight is 262 g/mol. The SMILES string of the molecule is CCC1CCCN(C(=O)c2n[nH]c3c2CNCC3)C1. The van der Waals surface area contributed by atoms with Gasteiger partial charge in [-0.15, -0.1) is 0 Å². The molecule has 3 heterocycles. The number of likely N-dealkylation sites (tertiary alicyclic amines) is 1. The first-order valence-electron chi connectivity index (χ1n) is 7.35. The Kier molecular flexibility index (Phi) is 3.55. The van der Waals surface area contributed by atoms with Gasteiger partial charge in [0.2, 0.25) is 0 Å². The number of aromatic amines is 1. The molecule has 104 valence electrons. The lowest BCUT2D eigenvalue weighted by atomic mass is 9.95. The Bertz CT molecular complexity index is 468. The number of nitrogens with one attached hydrogen (secondary N) is 2. The first kappa shape index (κ1) is 12.7. The Morgan fingerprint density at radius 1 is 1.53 bits per heavy atom. The number of aromatic nitrogens is 2. The molecule has 0 bridgehead atoms. The number of hydrogen-bond acceptors (Lipinski definition) is 3. The Morgan fingerprint density at radius 3 is 3.26 bits per heavy atom. The van der Waals surface area contributed by atoms with Gasteiger partial charge in [-0.3, -0.25) is 9.89 Å². The summed E-state index contributed by atoms with van der Waals surface area (Å²) in [7, 11) is 0. The molecule has 1 saturated heterocycles. The lowest BCUT2D eigenvalue weighted by Gasteiger charge is -2.32. The molecule has 2 aliphatic rings. The molecule has 3 rings (SSSR count). The highest BCUT2D eigenvalue weighted by Crippen LogP contribution is 2.23. The summed E-state index contributed by atoms with van der Waals surface area (Å²) in [6, 6.07) is 0. The van der Waals surface area contributed by atoms with Crippen LogP contribution >= 0.6 is 0 Å². The van der Waals surface area contributed by atoms with Crippen LogP contribution in [0.1, 0.15) is 47.9 Å². The largest absolute Gasteiger partial charge is 0.337 e. The molecule has 0 radical (unpaired) electrons. The molecule has 5 heteroatoms. The van der Waals surface area contributed by atoms with Gasteiger partial charge in [0.25, 0.3) is 5.91 Å². The van der Waals surface area contributed by atoms with Gasteiger partial charge in [0.15, 0.2) is 5.69 Å². The number of H-pyrrole nitrogens is 1. The highest BCUT2D eigenvalue weighted by molar-refractivity contribution is 5.94. The van der Waals surface area contributed by atoms with Gasteiger partial charge in [0.05, 0.1) is 0 Å². The molecule has 5 nitrogen and oxygen atoms in total. The minimum absolute atomic E-state index is 0.111. The van der Waals surface area contributed by atoms with E-state index in [1.807, 2.05) is 4.90 Å². The van der Waals surface area contributed by atoms with E-state index in [0.29, 0.717) is 11.6 Å². The molecule has 19 heavy (non-hydrogen) atoms. The van der Waals surface area contributed by atoms with Crippen molar-refractivity contribution in [2.45, 2.75) is 39.2 Å². The predicted octanol–water partition coefficient (Wildman–Crippen LogP) is 1.32. The van der Waals surface area contributed by atoms with E-state index >= 15 is 0 Å². The molecule has 0 aromatic carbocycles.